The van der Waals surface area contributed by atoms with Gasteiger partial charge >= 0.3 is 5.97 Å². The van der Waals surface area contributed by atoms with Crippen molar-refractivity contribution in [2.45, 2.75) is 6.92 Å². The molecule has 0 aromatic carbocycles. The number of H-pyrrole nitrogens is 1. The molecule has 0 aliphatic rings. The molecule has 0 amide bonds. The van der Waals surface area contributed by atoms with Crippen LogP contribution in [-0.4, -0.2) is 32.5 Å². The van der Waals surface area contributed by atoms with Gasteiger partial charge in [0.05, 0.1) is 12.9 Å². The SMILES string of the molecule is CCOC(=O)C#Cc1ncnc2nc[nH]c12. The largest absolute Gasteiger partial charge is 0.456 e. The first-order chi connectivity index (χ1) is 7.81. The van der Waals surface area contributed by atoms with E-state index in [1.807, 2.05) is 0 Å². The highest BCUT2D eigenvalue weighted by molar-refractivity contribution is 5.90. The fourth-order valence-electron chi connectivity index (χ4n) is 1.14. The molecule has 0 fully saturated rings. The third-order valence-corrected chi connectivity index (χ3v) is 1.78. The summed E-state index contributed by atoms with van der Waals surface area (Å²) >= 11 is 0. The number of nitrogens with one attached hydrogen (secondary N) is 1. The van der Waals surface area contributed by atoms with Crippen LogP contribution in [0.4, 0.5) is 0 Å². The first-order valence-electron chi connectivity index (χ1n) is 4.64. The number of esters is 1. The third-order valence-electron chi connectivity index (χ3n) is 1.78. The number of imidazole rings is 1. The summed E-state index contributed by atoms with van der Waals surface area (Å²) in [6, 6.07) is 0. The molecule has 2 aromatic heterocycles. The molecule has 80 valence electrons. The highest BCUT2D eigenvalue weighted by atomic mass is 16.5. The van der Waals surface area contributed by atoms with E-state index in [2.05, 4.69) is 36.5 Å². The Morgan fingerprint density at radius 1 is 1.50 bits per heavy atom. The van der Waals surface area contributed by atoms with Crippen LogP contribution < -0.4 is 0 Å². The maximum Gasteiger partial charge on any atom is 0.384 e. The summed E-state index contributed by atoms with van der Waals surface area (Å²) in [5.41, 5.74) is 1.55. The quantitative estimate of drug-likeness (QED) is 0.546. The van der Waals surface area contributed by atoms with Crippen LogP contribution in [0.25, 0.3) is 11.2 Å². The molecule has 0 radical (unpaired) electrons. The molecule has 0 aliphatic heterocycles. The Morgan fingerprint density at radius 3 is 3.19 bits per heavy atom. The standard InChI is InChI=1S/C10H8N4O2/c1-2-16-8(15)4-3-7-9-10(13-5-11-7)14-6-12-9/h5-6H,2H2,1H3,(H,11,12,13,14). The van der Waals surface area contributed by atoms with Gasteiger partial charge in [-0.1, -0.05) is 0 Å². The summed E-state index contributed by atoms with van der Waals surface area (Å²) in [4.78, 5) is 25.7. The fraction of sp³-hybridized carbons (Fsp3) is 0.200. The predicted molar refractivity (Wildman–Crippen MR) is 55.2 cm³/mol. The number of aromatic amines is 1. The van der Waals surface area contributed by atoms with Crippen molar-refractivity contribution in [1.29, 1.82) is 0 Å². The van der Waals surface area contributed by atoms with Gasteiger partial charge in [-0.2, -0.15) is 0 Å². The zero-order chi connectivity index (χ0) is 11.4. The topological polar surface area (TPSA) is 80.8 Å². The number of hydrogen-bond acceptors (Lipinski definition) is 5. The van der Waals surface area contributed by atoms with Crippen molar-refractivity contribution in [2.75, 3.05) is 6.61 Å². The molecule has 0 unspecified atom stereocenters. The van der Waals surface area contributed by atoms with Crippen LogP contribution >= 0.6 is 0 Å². The molecule has 6 heteroatoms. The number of ether oxygens (including phenoxy) is 1. The van der Waals surface area contributed by atoms with E-state index in [1.54, 1.807) is 6.92 Å². The van der Waals surface area contributed by atoms with Crippen LogP contribution in [0.3, 0.4) is 0 Å². The molecule has 0 saturated heterocycles. The minimum atomic E-state index is -0.575. The lowest BCUT2D eigenvalue weighted by Gasteiger charge is -1.92. The van der Waals surface area contributed by atoms with E-state index in [-0.39, 0.29) is 0 Å². The molecule has 1 N–H and O–H groups in total. The highest BCUT2D eigenvalue weighted by Gasteiger charge is 2.02. The number of carbonyl (C=O) groups excluding carboxylic acids is 1. The highest BCUT2D eigenvalue weighted by Crippen LogP contribution is 2.07. The molecule has 0 saturated carbocycles. The molecule has 2 heterocycles. The molecular formula is C10H8N4O2. The van der Waals surface area contributed by atoms with Gasteiger partial charge in [0.25, 0.3) is 0 Å². The van der Waals surface area contributed by atoms with Gasteiger partial charge in [0, 0.05) is 5.92 Å². The Kier molecular flexibility index (Phi) is 2.78. The van der Waals surface area contributed by atoms with Crippen LogP contribution in [0.1, 0.15) is 12.6 Å². The van der Waals surface area contributed by atoms with Gasteiger partial charge in [-0.25, -0.2) is 19.7 Å². The third kappa shape index (κ3) is 1.98. The fourth-order valence-corrected chi connectivity index (χ4v) is 1.14. The van der Waals surface area contributed by atoms with E-state index < -0.39 is 5.97 Å². The second-order valence-corrected chi connectivity index (χ2v) is 2.79. The molecule has 6 nitrogen and oxygen atoms in total. The second kappa shape index (κ2) is 4.40. The maximum absolute atomic E-state index is 11.0. The van der Waals surface area contributed by atoms with Crippen LogP contribution in [0.15, 0.2) is 12.7 Å². The van der Waals surface area contributed by atoms with Crippen LogP contribution in [0, 0.1) is 11.8 Å². The smallest absolute Gasteiger partial charge is 0.384 e. The van der Waals surface area contributed by atoms with Crippen LogP contribution in [-0.2, 0) is 9.53 Å². The van der Waals surface area contributed by atoms with Gasteiger partial charge in [0.2, 0.25) is 0 Å². The van der Waals surface area contributed by atoms with Crippen molar-refractivity contribution in [3.05, 3.63) is 18.3 Å². The predicted octanol–water partition coefficient (Wildman–Crippen LogP) is 0.268. The first kappa shape index (κ1) is 10.1. The number of aromatic nitrogens is 4. The number of carbonyl (C=O) groups is 1. The van der Waals surface area contributed by atoms with Crippen LogP contribution in [0.5, 0.6) is 0 Å². The van der Waals surface area contributed by atoms with Crippen molar-refractivity contribution < 1.29 is 9.53 Å². The normalized spacial score (nSPS) is 9.56. The van der Waals surface area contributed by atoms with E-state index in [0.29, 0.717) is 23.5 Å². The summed E-state index contributed by atoms with van der Waals surface area (Å²) in [5.74, 6) is 4.37. The lowest BCUT2D eigenvalue weighted by Crippen LogP contribution is -2.00. The van der Waals surface area contributed by atoms with Crippen molar-refractivity contribution in [2.24, 2.45) is 0 Å². The summed E-state index contributed by atoms with van der Waals surface area (Å²) in [7, 11) is 0. The van der Waals surface area contributed by atoms with Gasteiger partial charge in [-0.05, 0) is 12.8 Å². The Balaban J connectivity index is 2.33. The number of nitrogens with zero attached hydrogens (tertiary/aromatic N) is 3. The number of hydrogen-bond donors (Lipinski definition) is 1. The zero-order valence-corrected chi connectivity index (χ0v) is 8.52. The summed E-state index contributed by atoms with van der Waals surface area (Å²) in [6.45, 7) is 2.02. The average molecular weight is 216 g/mol. The molecule has 0 aliphatic carbocycles. The zero-order valence-electron chi connectivity index (χ0n) is 8.52. The minimum Gasteiger partial charge on any atom is -0.456 e. The minimum absolute atomic E-state index is 0.302. The van der Waals surface area contributed by atoms with E-state index >= 15 is 0 Å². The van der Waals surface area contributed by atoms with Gasteiger partial charge in [-0.15, -0.1) is 0 Å². The van der Waals surface area contributed by atoms with Crippen LogP contribution in [0.2, 0.25) is 0 Å². The molecule has 0 spiro atoms. The van der Waals surface area contributed by atoms with E-state index in [9.17, 15) is 4.79 Å². The van der Waals surface area contributed by atoms with Gasteiger partial charge < -0.3 is 9.72 Å². The molecule has 0 atom stereocenters. The van der Waals surface area contributed by atoms with E-state index in [1.165, 1.54) is 12.7 Å². The Bertz CT molecular complexity index is 579. The lowest BCUT2D eigenvalue weighted by molar-refractivity contribution is -0.136. The second-order valence-electron chi connectivity index (χ2n) is 2.79. The number of rotatable bonds is 1. The number of fused-ring (bicyclic) bond motifs is 1. The maximum atomic E-state index is 11.0. The average Bonchev–Trinajstić information content (AvgIpc) is 2.75. The monoisotopic (exact) mass is 216 g/mol. The van der Waals surface area contributed by atoms with Crippen molar-refractivity contribution >= 4 is 17.1 Å². The van der Waals surface area contributed by atoms with E-state index in [0.717, 1.165) is 0 Å². The van der Waals surface area contributed by atoms with Crippen molar-refractivity contribution in [1.82, 2.24) is 19.9 Å². The van der Waals surface area contributed by atoms with Gasteiger partial charge in [-0.3, -0.25) is 0 Å². The molecule has 0 bridgehead atoms. The van der Waals surface area contributed by atoms with Crippen molar-refractivity contribution in [3.8, 4) is 11.8 Å². The molecule has 2 rings (SSSR count). The Hall–Kier alpha value is -2.42. The van der Waals surface area contributed by atoms with Crippen molar-refractivity contribution in [3.63, 3.8) is 0 Å². The van der Waals surface area contributed by atoms with Gasteiger partial charge in [0.1, 0.15) is 17.5 Å². The lowest BCUT2D eigenvalue weighted by atomic mass is 10.3. The van der Waals surface area contributed by atoms with E-state index in [4.69, 9.17) is 0 Å². The molecule has 2 aromatic rings. The summed E-state index contributed by atoms with van der Waals surface area (Å²) in [5, 5.41) is 0. The Labute approximate surface area is 91.1 Å². The Morgan fingerprint density at radius 2 is 2.38 bits per heavy atom. The summed E-state index contributed by atoms with van der Waals surface area (Å²) in [6.07, 6.45) is 2.84. The molecular weight excluding hydrogens is 208 g/mol. The molecule has 16 heavy (non-hydrogen) atoms. The first-order valence-corrected chi connectivity index (χ1v) is 4.64. The van der Waals surface area contributed by atoms with Gasteiger partial charge in [0.15, 0.2) is 5.65 Å². The summed E-state index contributed by atoms with van der Waals surface area (Å²) < 4.78 is 4.68.